The van der Waals surface area contributed by atoms with E-state index in [1.807, 2.05) is 0 Å². The number of aromatic nitrogens is 4. The highest BCUT2D eigenvalue weighted by molar-refractivity contribution is 6.34. The molecule has 0 aliphatic carbocycles. The normalized spacial score (nSPS) is 11.8. The van der Waals surface area contributed by atoms with E-state index >= 15 is 0 Å². The number of ether oxygens (including phenoxy) is 1. The largest absolute Gasteiger partial charge is 0.442 e. The summed E-state index contributed by atoms with van der Waals surface area (Å²) in [7, 11) is 0. The first-order valence-electron chi connectivity index (χ1n) is 5.18. The number of anilines is 1. The molecule has 0 atom stereocenters. The van der Waals surface area contributed by atoms with Crippen LogP contribution >= 0.6 is 11.6 Å². The molecule has 0 aliphatic rings. The van der Waals surface area contributed by atoms with Gasteiger partial charge in [0.05, 0.1) is 11.6 Å². The summed E-state index contributed by atoms with van der Waals surface area (Å²) in [4.78, 5) is 19.6. The summed E-state index contributed by atoms with van der Waals surface area (Å²) in [5.41, 5.74) is 5.08. The smallest absolute Gasteiger partial charge is 0.437 e. The molecule has 8 heteroatoms. The Bertz CT molecular complexity index is 616. The molecule has 0 aromatic carbocycles. The highest BCUT2D eigenvalue weighted by Gasteiger charge is 2.21. The SMILES string of the molecule is CC(C)(C)OC(=O)n1ncc2c(Cl)nc(N)nc21. The van der Waals surface area contributed by atoms with Crippen molar-refractivity contribution in [3.8, 4) is 0 Å². The predicted octanol–water partition coefficient (Wildman–Crippen LogP) is 1.85. The maximum Gasteiger partial charge on any atom is 0.437 e. The van der Waals surface area contributed by atoms with E-state index < -0.39 is 11.7 Å². The first-order chi connectivity index (χ1) is 8.28. The zero-order valence-electron chi connectivity index (χ0n) is 10.1. The lowest BCUT2D eigenvalue weighted by atomic mass is 10.2. The van der Waals surface area contributed by atoms with Crippen LogP contribution in [0.2, 0.25) is 5.15 Å². The first-order valence-corrected chi connectivity index (χ1v) is 5.56. The van der Waals surface area contributed by atoms with Crippen LogP contribution in [0.4, 0.5) is 10.7 Å². The molecule has 0 saturated carbocycles. The molecule has 0 saturated heterocycles. The van der Waals surface area contributed by atoms with E-state index in [4.69, 9.17) is 22.1 Å². The highest BCUT2D eigenvalue weighted by atomic mass is 35.5. The Hall–Kier alpha value is -1.89. The molecule has 0 unspecified atom stereocenters. The van der Waals surface area contributed by atoms with Crippen LogP contribution in [-0.2, 0) is 4.74 Å². The Kier molecular flexibility index (Phi) is 2.86. The van der Waals surface area contributed by atoms with Crippen molar-refractivity contribution >= 4 is 34.7 Å². The van der Waals surface area contributed by atoms with Gasteiger partial charge in [0.25, 0.3) is 0 Å². The standard InChI is InChI=1S/C10H12ClN5O2/c1-10(2,3)18-9(17)16-7-5(4-13-16)6(11)14-8(12)15-7/h4H,1-3H3,(H2,12,14,15). The number of rotatable bonds is 0. The molecule has 0 radical (unpaired) electrons. The van der Waals surface area contributed by atoms with Crippen LogP contribution in [0.5, 0.6) is 0 Å². The van der Waals surface area contributed by atoms with Crippen LogP contribution in [0.3, 0.4) is 0 Å². The van der Waals surface area contributed by atoms with Gasteiger partial charge in [-0.15, -0.1) is 4.68 Å². The lowest BCUT2D eigenvalue weighted by molar-refractivity contribution is 0.0522. The Labute approximate surface area is 108 Å². The summed E-state index contributed by atoms with van der Waals surface area (Å²) in [6, 6.07) is 0. The Morgan fingerprint density at radius 2 is 2.11 bits per heavy atom. The van der Waals surface area contributed by atoms with Crippen LogP contribution in [0.15, 0.2) is 6.20 Å². The number of carbonyl (C=O) groups excluding carboxylic acids is 1. The number of nitrogen functional groups attached to an aromatic ring is 1. The minimum absolute atomic E-state index is 0.0298. The third kappa shape index (κ3) is 2.35. The van der Waals surface area contributed by atoms with Gasteiger partial charge in [0, 0.05) is 0 Å². The molecule has 7 nitrogen and oxygen atoms in total. The van der Waals surface area contributed by atoms with Gasteiger partial charge in [0.15, 0.2) is 5.65 Å². The average Bonchev–Trinajstić information content (AvgIpc) is 2.58. The minimum Gasteiger partial charge on any atom is -0.442 e. The van der Waals surface area contributed by atoms with Crippen LogP contribution < -0.4 is 5.73 Å². The number of carbonyl (C=O) groups is 1. The molecule has 0 fully saturated rings. The molecule has 2 rings (SSSR count). The fraction of sp³-hybridized carbons (Fsp3) is 0.400. The molecule has 2 N–H and O–H groups in total. The Morgan fingerprint density at radius 3 is 2.72 bits per heavy atom. The number of hydrogen-bond acceptors (Lipinski definition) is 6. The predicted molar refractivity (Wildman–Crippen MR) is 66.4 cm³/mol. The van der Waals surface area contributed by atoms with Gasteiger partial charge < -0.3 is 10.5 Å². The molecule has 96 valence electrons. The van der Waals surface area contributed by atoms with Gasteiger partial charge in [-0.25, -0.2) is 9.78 Å². The summed E-state index contributed by atoms with van der Waals surface area (Å²) in [5, 5.41) is 4.47. The second-order valence-electron chi connectivity index (χ2n) is 4.65. The molecule has 18 heavy (non-hydrogen) atoms. The molecule has 2 aromatic rings. The van der Waals surface area contributed by atoms with Gasteiger partial charge in [0.2, 0.25) is 5.95 Å². The molecular weight excluding hydrogens is 258 g/mol. The van der Waals surface area contributed by atoms with E-state index in [0.717, 1.165) is 4.68 Å². The van der Waals surface area contributed by atoms with E-state index in [1.165, 1.54) is 6.20 Å². The highest BCUT2D eigenvalue weighted by Crippen LogP contribution is 2.21. The summed E-state index contributed by atoms with van der Waals surface area (Å²) in [5.74, 6) is -0.0298. The number of nitrogens with two attached hydrogens (primary N) is 1. The summed E-state index contributed by atoms with van der Waals surface area (Å²) < 4.78 is 6.19. The zero-order valence-corrected chi connectivity index (χ0v) is 10.9. The summed E-state index contributed by atoms with van der Waals surface area (Å²) in [6.07, 6.45) is 0.743. The van der Waals surface area contributed by atoms with E-state index in [1.54, 1.807) is 20.8 Å². The van der Waals surface area contributed by atoms with E-state index in [-0.39, 0.29) is 16.7 Å². The van der Waals surface area contributed by atoms with Gasteiger partial charge in [0.1, 0.15) is 10.8 Å². The third-order valence-corrected chi connectivity index (χ3v) is 2.25. The number of hydrogen-bond donors (Lipinski definition) is 1. The second-order valence-corrected chi connectivity index (χ2v) is 5.00. The average molecular weight is 270 g/mol. The van der Waals surface area contributed by atoms with Crippen molar-refractivity contribution in [3.05, 3.63) is 11.3 Å². The molecule has 2 heterocycles. The lowest BCUT2D eigenvalue weighted by Gasteiger charge is -2.18. The number of halogens is 1. The molecule has 0 amide bonds. The second kappa shape index (κ2) is 4.09. The fourth-order valence-corrected chi connectivity index (χ4v) is 1.55. The quantitative estimate of drug-likeness (QED) is 0.733. The lowest BCUT2D eigenvalue weighted by Crippen LogP contribution is -2.27. The number of fused-ring (bicyclic) bond motifs is 1. The fourth-order valence-electron chi connectivity index (χ4n) is 1.33. The van der Waals surface area contributed by atoms with Crippen LogP contribution in [0, 0.1) is 0 Å². The molecule has 0 aliphatic heterocycles. The van der Waals surface area contributed by atoms with Gasteiger partial charge in [-0.1, -0.05) is 11.6 Å². The maximum atomic E-state index is 11.9. The van der Waals surface area contributed by atoms with Crippen molar-refractivity contribution in [2.75, 3.05) is 5.73 Å². The van der Waals surface area contributed by atoms with E-state index in [9.17, 15) is 4.79 Å². The van der Waals surface area contributed by atoms with Crippen molar-refractivity contribution in [2.24, 2.45) is 0 Å². The topological polar surface area (TPSA) is 95.9 Å². The molecular formula is C10H12ClN5O2. The zero-order chi connectivity index (χ0) is 13.5. The monoisotopic (exact) mass is 269 g/mol. The third-order valence-electron chi connectivity index (χ3n) is 1.97. The van der Waals surface area contributed by atoms with Crippen LogP contribution in [-0.4, -0.2) is 31.4 Å². The van der Waals surface area contributed by atoms with Crippen LogP contribution in [0.1, 0.15) is 20.8 Å². The van der Waals surface area contributed by atoms with E-state index in [2.05, 4.69) is 15.1 Å². The van der Waals surface area contributed by atoms with Crippen molar-refractivity contribution in [2.45, 2.75) is 26.4 Å². The van der Waals surface area contributed by atoms with Crippen molar-refractivity contribution in [1.29, 1.82) is 0 Å². The molecule has 0 spiro atoms. The van der Waals surface area contributed by atoms with Crippen molar-refractivity contribution in [1.82, 2.24) is 19.7 Å². The number of nitrogens with zero attached hydrogens (tertiary/aromatic N) is 4. The Morgan fingerprint density at radius 1 is 1.44 bits per heavy atom. The minimum atomic E-state index is -0.647. The van der Waals surface area contributed by atoms with Gasteiger partial charge in [-0.2, -0.15) is 10.1 Å². The Balaban J connectivity index is 2.49. The summed E-state index contributed by atoms with van der Waals surface area (Å²) >= 11 is 5.88. The molecule has 0 bridgehead atoms. The molecule has 2 aromatic heterocycles. The van der Waals surface area contributed by atoms with Gasteiger partial charge >= 0.3 is 6.09 Å². The van der Waals surface area contributed by atoms with Gasteiger partial charge in [-0.05, 0) is 20.8 Å². The van der Waals surface area contributed by atoms with Crippen molar-refractivity contribution < 1.29 is 9.53 Å². The van der Waals surface area contributed by atoms with E-state index in [0.29, 0.717) is 5.39 Å². The maximum absolute atomic E-state index is 11.9. The van der Waals surface area contributed by atoms with Crippen LogP contribution in [0.25, 0.3) is 11.0 Å². The summed E-state index contributed by atoms with van der Waals surface area (Å²) in [6.45, 7) is 5.27. The van der Waals surface area contributed by atoms with Gasteiger partial charge in [-0.3, -0.25) is 0 Å². The van der Waals surface area contributed by atoms with Crippen molar-refractivity contribution in [3.63, 3.8) is 0 Å². The first kappa shape index (κ1) is 12.6.